The molecule has 38 valence electrons. The molecule has 0 spiro atoms. The Labute approximate surface area is 49.9 Å². The summed E-state index contributed by atoms with van der Waals surface area (Å²) in [5.41, 5.74) is 0. The molecule has 3 heteroatoms. The van der Waals surface area contributed by atoms with Crippen molar-refractivity contribution < 1.29 is 5.48 Å². The number of hydrogen-bond acceptors (Lipinski definition) is 1. The van der Waals surface area contributed by atoms with Gasteiger partial charge in [-0.3, -0.25) is 0 Å². The standard InChI is InChI=1S/C3H5BrS.H2O/c4-1-3-2-5-3;/h3H,1-2H2;1H2. The molecule has 1 fully saturated rings. The lowest BCUT2D eigenvalue weighted by Gasteiger charge is -1.68. The monoisotopic (exact) mass is 170 g/mol. The molecule has 0 bridgehead atoms. The minimum atomic E-state index is 0. The van der Waals surface area contributed by atoms with Gasteiger partial charge in [-0.15, -0.1) is 0 Å². The van der Waals surface area contributed by atoms with Gasteiger partial charge in [-0.25, -0.2) is 0 Å². The Morgan fingerprint density at radius 3 is 2.33 bits per heavy atom. The van der Waals surface area contributed by atoms with E-state index in [1.807, 2.05) is 11.8 Å². The number of hydrogen-bond donors (Lipinski definition) is 0. The second kappa shape index (κ2) is 2.88. The first kappa shape index (κ1) is 6.79. The van der Waals surface area contributed by atoms with Gasteiger partial charge in [0.05, 0.1) is 0 Å². The molecule has 0 saturated carbocycles. The Bertz CT molecular complexity index is 37.8. The largest absolute Gasteiger partial charge is 0.412 e. The van der Waals surface area contributed by atoms with Crippen molar-refractivity contribution in [1.29, 1.82) is 0 Å². The number of alkyl halides is 1. The minimum Gasteiger partial charge on any atom is -0.412 e. The molecule has 1 rings (SSSR count). The molecular formula is C3H7BrOS. The van der Waals surface area contributed by atoms with Crippen molar-refractivity contribution in [2.24, 2.45) is 0 Å². The van der Waals surface area contributed by atoms with Gasteiger partial charge in [-0.05, 0) is 0 Å². The van der Waals surface area contributed by atoms with Crippen LogP contribution in [0.5, 0.6) is 0 Å². The third-order valence-electron chi connectivity index (χ3n) is 0.574. The Morgan fingerprint density at radius 2 is 2.33 bits per heavy atom. The average Bonchev–Trinajstić information content (AvgIpc) is 2.12. The van der Waals surface area contributed by atoms with Crippen molar-refractivity contribution in [3.63, 3.8) is 0 Å². The summed E-state index contributed by atoms with van der Waals surface area (Å²) in [7, 11) is 0. The summed E-state index contributed by atoms with van der Waals surface area (Å²) in [4.78, 5) is 0. The Balaban J connectivity index is 0.000000250. The van der Waals surface area contributed by atoms with Gasteiger partial charge in [-0.1, -0.05) is 15.9 Å². The summed E-state index contributed by atoms with van der Waals surface area (Å²) in [5, 5.41) is 2.16. The van der Waals surface area contributed by atoms with Gasteiger partial charge in [0.2, 0.25) is 0 Å². The smallest absolute Gasteiger partial charge is 0.0235 e. The quantitative estimate of drug-likeness (QED) is 0.421. The van der Waals surface area contributed by atoms with E-state index in [4.69, 9.17) is 0 Å². The van der Waals surface area contributed by atoms with Crippen LogP contribution in [-0.2, 0) is 0 Å². The predicted molar refractivity (Wildman–Crippen MR) is 33.7 cm³/mol. The molecule has 0 aromatic rings. The Morgan fingerprint density at radius 1 is 1.83 bits per heavy atom. The molecule has 0 aliphatic carbocycles. The first-order valence-corrected chi connectivity index (χ1v) is 3.78. The van der Waals surface area contributed by atoms with Gasteiger partial charge < -0.3 is 5.48 Å². The summed E-state index contributed by atoms with van der Waals surface area (Å²) in [6, 6.07) is 0. The number of thioether (sulfide) groups is 1. The fourth-order valence-corrected chi connectivity index (χ4v) is 1.59. The van der Waals surface area contributed by atoms with Crippen LogP contribution in [-0.4, -0.2) is 21.8 Å². The van der Waals surface area contributed by atoms with Crippen LogP contribution in [0.1, 0.15) is 0 Å². The van der Waals surface area contributed by atoms with Gasteiger partial charge in [-0.2, -0.15) is 11.8 Å². The van der Waals surface area contributed by atoms with Crippen molar-refractivity contribution in [2.45, 2.75) is 5.25 Å². The lowest BCUT2D eigenvalue weighted by atomic mass is 10.6. The fourth-order valence-electron chi connectivity index (χ4n) is 0.157. The van der Waals surface area contributed by atoms with E-state index in [1.165, 1.54) is 11.1 Å². The van der Waals surface area contributed by atoms with Crippen LogP contribution in [0.2, 0.25) is 0 Å². The van der Waals surface area contributed by atoms with Crippen LogP contribution in [0.3, 0.4) is 0 Å². The molecule has 1 unspecified atom stereocenters. The summed E-state index contributed by atoms with van der Waals surface area (Å²) >= 11 is 5.38. The first-order valence-electron chi connectivity index (χ1n) is 1.61. The van der Waals surface area contributed by atoms with Crippen molar-refractivity contribution in [2.75, 3.05) is 11.1 Å². The maximum Gasteiger partial charge on any atom is 0.0235 e. The molecule has 1 heterocycles. The molecule has 0 aromatic heterocycles. The third-order valence-corrected chi connectivity index (χ3v) is 2.76. The van der Waals surface area contributed by atoms with Crippen molar-refractivity contribution in [3.05, 3.63) is 0 Å². The highest BCUT2D eigenvalue weighted by atomic mass is 79.9. The Kier molecular flexibility index (Phi) is 3.26. The van der Waals surface area contributed by atoms with Gasteiger partial charge in [0.25, 0.3) is 0 Å². The summed E-state index contributed by atoms with van der Waals surface area (Å²) < 4.78 is 0. The lowest BCUT2D eigenvalue weighted by molar-refractivity contribution is 0.824. The van der Waals surface area contributed by atoms with E-state index in [0.29, 0.717) is 0 Å². The zero-order chi connectivity index (χ0) is 3.70. The fraction of sp³-hybridized carbons (Fsp3) is 1.00. The molecule has 1 aliphatic heterocycles. The molecule has 0 radical (unpaired) electrons. The van der Waals surface area contributed by atoms with Crippen LogP contribution in [0.25, 0.3) is 0 Å². The predicted octanol–water partition coefficient (Wildman–Crippen LogP) is 0.672. The van der Waals surface area contributed by atoms with Crippen molar-refractivity contribution >= 4 is 27.7 Å². The average molecular weight is 171 g/mol. The lowest BCUT2D eigenvalue weighted by Crippen LogP contribution is -1.77. The SMILES string of the molecule is BrCC1CS1.O. The second-order valence-corrected chi connectivity index (χ2v) is 3.09. The minimum absolute atomic E-state index is 0. The van der Waals surface area contributed by atoms with E-state index in [1.54, 1.807) is 0 Å². The second-order valence-electron chi connectivity index (χ2n) is 1.11. The normalized spacial score (nSPS) is 28.5. The number of halogens is 1. The van der Waals surface area contributed by atoms with E-state index in [0.717, 1.165) is 5.25 Å². The Hall–Kier alpha value is 0.790. The summed E-state index contributed by atoms with van der Waals surface area (Å²) in [6.07, 6.45) is 0. The van der Waals surface area contributed by atoms with E-state index in [2.05, 4.69) is 15.9 Å². The van der Waals surface area contributed by atoms with Crippen LogP contribution >= 0.6 is 27.7 Å². The molecule has 1 aliphatic rings. The highest BCUT2D eigenvalue weighted by Crippen LogP contribution is 2.30. The molecule has 1 nitrogen and oxygen atoms in total. The van der Waals surface area contributed by atoms with E-state index in [-0.39, 0.29) is 5.48 Å². The summed E-state index contributed by atoms with van der Waals surface area (Å²) in [5.74, 6) is 1.38. The maximum atomic E-state index is 3.36. The topological polar surface area (TPSA) is 31.5 Å². The van der Waals surface area contributed by atoms with Crippen LogP contribution in [0.15, 0.2) is 0 Å². The zero-order valence-electron chi connectivity index (χ0n) is 3.28. The van der Waals surface area contributed by atoms with Crippen LogP contribution < -0.4 is 0 Å². The third kappa shape index (κ3) is 2.05. The maximum absolute atomic E-state index is 3.36. The molecule has 6 heavy (non-hydrogen) atoms. The molecular weight excluding hydrogens is 164 g/mol. The molecule has 2 N–H and O–H groups in total. The molecule has 1 saturated heterocycles. The molecule has 0 amide bonds. The number of rotatable bonds is 1. The van der Waals surface area contributed by atoms with E-state index >= 15 is 0 Å². The van der Waals surface area contributed by atoms with Crippen LogP contribution in [0, 0.1) is 0 Å². The molecule has 1 atom stereocenters. The molecule has 0 aromatic carbocycles. The zero-order valence-corrected chi connectivity index (χ0v) is 5.68. The highest BCUT2D eigenvalue weighted by Gasteiger charge is 2.19. The van der Waals surface area contributed by atoms with Gasteiger partial charge in [0, 0.05) is 16.3 Å². The van der Waals surface area contributed by atoms with Crippen molar-refractivity contribution in [3.8, 4) is 0 Å². The van der Waals surface area contributed by atoms with Crippen molar-refractivity contribution in [1.82, 2.24) is 0 Å². The highest BCUT2D eigenvalue weighted by molar-refractivity contribution is 9.09. The van der Waals surface area contributed by atoms with Gasteiger partial charge in [0.1, 0.15) is 0 Å². The van der Waals surface area contributed by atoms with E-state index < -0.39 is 0 Å². The van der Waals surface area contributed by atoms with Gasteiger partial charge >= 0.3 is 0 Å². The van der Waals surface area contributed by atoms with Gasteiger partial charge in [0.15, 0.2) is 0 Å². The van der Waals surface area contributed by atoms with Crippen LogP contribution in [0.4, 0.5) is 0 Å². The summed E-state index contributed by atoms with van der Waals surface area (Å²) in [6.45, 7) is 0. The first-order chi connectivity index (χ1) is 2.43. The van der Waals surface area contributed by atoms with E-state index in [9.17, 15) is 0 Å².